The summed E-state index contributed by atoms with van der Waals surface area (Å²) in [6.07, 6.45) is 6.47. The van der Waals surface area contributed by atoms with Crippen molar-refractivity contribution in [2.24, 2.45) is 0 Å². The van der Waals surface area contributed by atoms with Gasteiger partial charge in [0.1, 0.15) is 0 Å². The molecular weight excluding hydrogens is 725 g/mol. The average molecular weight is 769 g/mol. The molecule has 1 heterocycles. The third-order valence-electron chi connectivity index (χ3n) is 13.0. The van der Waals surface area contributed by atoms with Crippen LogP contribution in [0, 0.1) is 0 Å². The van der Waals surface area contributed by atoms with Gasteiger partial charge in [0.25, 0.3) is 0 Å². The van der Waals surface area contributed by atoms with Gasteiger partial charge in [0.15, 0.2) is 5.82 Å². The molecule has 0 N–H and O–H groups in total. The lowest BCUT2D eigenvalue weighted by molar-refractivity contribution is 0.353. The zero-order chi connectivity index (χ0) is 39.9. The van der Waals surface area contributed by atoms with E-state index >= 15 is 0 Å². The first-order valence-electron chi connectivity index (χ1n) is 21.4. The quantitative estimate of drug-likeness (QED) is 0.161. The van der Waals surface area contributed by atoms with Gasteiger partial charge in [0.05, 0.1) is 11.4 Å². The Hall–Kier alpha value is -7.16. The van der Waals surface area contributed by atoms with Crippen molar-refractivity contribution in [3.8, 4) is 89.5 Å². The SMILES string of the molecule is c1ccc(-c2ccc(-c3cc(-c4ccccc4)nc(-c4ccc(-c5ccc(-c6ccc(-c7cccc8c7-c7ccccc7C87CCCCC7)cc6)cc5)cc4)n3)cc2)cc1. The van der Waals surface area contributed by atoms with Crippen LogP contribution in [0.1, 0.15) is 43.2 Å². The molecule has 1 aromatic heterocycles. The zero-order valence-electron chi connectivity index (χ0n) is 33.6. The fraction of sp³-hybridized carbons (Fsp3) is 0.103. The van der Waals surface area contributed by atoms with Crippen molar-refractivity contribution in [2.75, 3.05) is 0 Å². The molecule has 0 amide bonds. The maximum absolute atomic E-state index is 5.11. The van der Waals surface area contributed by atoms with Crippen molar-refractivity contribution < 1.29 is 0 Å². The number of nitrogens with zero attached hydrogens (tertiary/aromatic N) is 2. The van der Waals surface area contributed by atoms with Crippen LogP contribution in [0.5, 0.6) is 0 Å². The third kappa shape index (κ3) is 6.46. The molecule has 1 spiro atoms. The highest BCUT2D eigenvalue weighted by Crippen LogP contribution is 2.57. The number of aromatic nitrogens is 2. The summed E-state index contributed by atoms with van der Waals surface area (Å²) in [5.41, 5.74) is 20.8. The lowest BCUT2D eigenvalue weighted by Crippen LogP contribution is -2.27. The average Bonchev–Trinajstić information content (AvgIpc) is 3.60. The number of rotatable bonds is 7. The number of hydrogen-bond acceptors (Lipinski definition) is 2. The van der Waals surface area contributed by atoms with E-state index in [0.29, 0.717) is 5.82 Å². The Balaban J connectivity index is 0.852. The summed E-state index contributed by atoms with van der Waals surface area (Å²) >= 11 is 0. The molecule has 1 saturated carbocycles. The minimum atomic E-state index is 0.170. The third-order valence-corrected chi connectivity index (χ3v) is 13.0. The molecule has 8 aromatic carbocycles. The van der Waals surface area contributed by atoms with Crippen molar-refractivity contribution in [1.82, 2.24) is 9.97 Å². The Bertz CT molecular complexity index is 2940. The monoisotopic (exact) mass is 768 g/mol. The van der Waals surface area contributed by atoms with Crippen molar-refractivity contribution in [3.63, 3.8) is 0 Å². The van der Waals surface area contributed by atoms with Gasteiger partial charge in [0, 0.05) is 22.1 Å². The van der Waals surface area contributed by atoms with E-state index in [-0.39, 0.29) is 5.41 Å². The Labute approximate surface area is 353 Å². The highest BCUT2D eigenvalue weighted by Gasteiger charge is 2.44. The smallest absolute Gasteiger partial charge is 0.160 e. The molecule has 2 heteroatoms. The second kappa shape index (κ2) is 15.2. The molecule has 0 aliphatic heterocycles. The van der Waals surface area contributed by atoms with E-state index in [9.17, 15) is 0 Å². The molecule has 0 atom stereocenters. The summed E-state index contributed by atoms with van der Waals surface area (Å²) in [4.78, 5) is 10.2. The van der Waals surface area contributed by atoms with E-state index in [1.807, 2.05) is 12.1 Å². The molecule has 0 bridgehead atoms. The van der Waals surface area contributed by atoms with E-state index in [1.165, 1.54) is 87.7 Å². The van der Waals surface area contributed by atoms with E-state index in [1.54, 1.807) is 5.56 Å². The highest BCUT2D eigenvalue weighted by molar-refractivity contribution is 5.93. The first-order valence-corrected chi connectivity index (χ1v) is 21.4. The van der Waals surface area contributed by atoms with Gasteiger partial charge in [-0.1, -0.05) is 219 Å². The second-order valence-electron chi connectivity index (χ2n) is 16.4. The molecule has 2 aliphatic carbocycles. The maximum Gasteiger partial charge on any atom is 0.160 e. The molecule has 286 valence electrons. The summed E-state index contributed by atoms with van der Waals surface area (Å²) in [6, 6.07) is 74.6. The molecule has 0 unspecified atom stereocenters. The molecular formula is C58H44N2. The van der Waals surface area contributed by atoms with Crippen LogP contribution < -0.4 is 0 Å². The molecule has 2 nitrogen and oxygen atoms in total. The topological polar surface area (TPSA) is 25.8 Å². The molecule has 2 aliphatic rings. The van der Waals surface area contributed by atoms with Crippen LogP contribution in [-0.2, 0) is 5.41 Å². The Morgan fingerprint density at radius 3 is 1.27 bits per heavy atom. The fourth-order valence-corrected chi connectivity index (χ4v) is 9.89. The highest BCUT2D eigenvalue weighted by atomic mass is 14.9. The number of fused-ring (bicyclic) bond motifs is 5. The van der Waals surface area contributed by atoms with Crippen molar-refractivity contribution in [3.05, 3.63) is 217 Å². The predicted octanol–water partition coefficient (Wildman–Crippen LogP) is 15.4. The predicted molar refractivity (Wildman–Crippen MR) is 249 cm³/mol. The van der Waals surface area contributed by atoms with Gasteiger partial charge in [-0.2, -0.15) is 0 Å². The molecule has 60 heavy (non-hydrogen) atoms. The largest absolute Gasteiger partial charge is 0.228 e. The van der Waals surface area contributed by atoms with Gasteiger partial charge < -0.3 is 0 Å². The van der Waals surface area contributed by atoms with Gasteiger partial charge in [-0.25, -0.2) is 9.97 Å². The Morgan fingerprint density at radius 2 is 0.700 bits per heavy atom. The molecule has 9 aromatic rings. The van der Waals surface area contributed by atoms with Crippen LogP contribution >= 0.6 is 0 Å². The first-order chi connectivity index (χ1) is 29.7. The summed E-state index contributed by atoms with van der Waals surface area (Å²) in [5, 5.41) is 0. The lowest BCUT2D eigenvalue weighted by Gasteiger charge is -2.36. The van der Waals surface area contributed by atoms with E-state index in [4.69, 9.17) is 9.97 Å². The van der Waals surface area contributed by atoms with Crippen molar-refractivity contribution in [2.45, 2.75) is 37.5 Å². The van der Waals surface area contributed by atoms with Crippen LogP contribution in [0.2, 0.25) is 0 Å². The molecule has 0 saturated heterocycles. The van der Waals surface area contributed by atoms with Crippen molar-refractivity contribution in [1.29, 1.82) is 0 Å². The Kier molecular flexibility index (Phi) is 9.12. The second-order valence-corrected chi connectivity index (χ2v) is 16.4. The van der Waals surface area contributed by atoms with Crippen LogP contribution in [0.25, 0.3) is 89.5 Å². The zero-order valence-corrected chi connectivity index (χ0v) is 33.6. The van der Waals surface area contributed by atoms with Crippen LogP contribution in [-0.4, -0.2) is 9.97 Å². The van der Waals surface area contributed by atoms with Crippen molar-refractivity contribution >= 4 is 0 Å². The van der Waals surface area contributed by atoms with Gasteiger partial charge in [-0.05, 0) is 85.7 Å². The standard InChI is InChI=1S/C58H44N2/c1-4-13-40(14-5-1)41-27-33-48(34-28-41)55-39-54(47-15-6-2-7-16-47)59-57(60-55)49-35-29-45(30-36-49)43-23-21-42(22-24-43)44-25-31-46(32-26-44)50-18-12-20-53-56(50)51-17-8-9-19-52(51)58(53)37-10-3-11-38-58/h1-2,4-9,12-36,39H,3,10-11,37-38H2. The normalized spacial score (nSPS) is 13.8. The van der Waals surface area contributed by atoms with Crippen LogP contribution in [0.3, 0.4) is 0 Å². The van der Waals surface area contributed by atoms with Crippen LogP contribution in [0.15, 0.2) is 206 Å². The minimum absolute atomic E-state index is 0.170. The minimum Gasteiger partial charge on any atom is -0.228 e. The van der Waals surface area contributed by atoms with Gasteiger partial charge in [-0.3, -0.25) is 0 Å². The molecule has 1 fully saturated rings. The van der Waals surface area contributed by atoms with E-state index < -0.39 is 0 Å². The Morgan fingerprint density at radius 1 is 0.300 bits per heavy atom. The summed E-state index contributed by atoms with van der Waals surface area (Å²) in [5.74, 6) is 0.710. The van der Waals surface area contributed by atoms with E-state index in [0.717, 1.165) is 33.6 Å². The molecule has 0 radical (unpaired) electrons. The van der Waals surface area contributed by atoms with Gasteiger partial charge in [-0.15, -0.1) is 0 Å². The molecule has 11 rings (SSSR count). The summed E-state index contributed by atoms with van der Waals surface area (Å²) < 4.78 is 0. The van der Waals surface area contributed by atoms with Gasteiger partial charge in [0.2, 0.25) is 0 Å². The van der Waals surface area contributed by atoms with Gasteiger partial charge >= 0.3 is 0 Å². The first kappa shape index (κ1) is 36.0. The number of hydrogen-bond donors (Lipinski definition) is 0. The van der Waals surface area contributed by atoms with E-state index in [2.05, 4.69) is 194 Å². The maximum atomic E-state index is 5.11. The van der Waals surface area contributed by atoms with Crippen LogP contribution in [0.4, 0.5) is 0 Å². The lowest BCUT2D eigenvalue weighted by atomic mass is 9.68. The number of benzene rings is 8. The fourth-order valence-electron chi connectivity index (χ4n) is 9.89. The summed E-state index contributed by atoms with van der Waals surface area (Å²) in [7, 11) is 0. The summed E-state index contributed by atoms with van der Waals surface area (Å²) in [6.45, 7) is 0.